The summed E-state index contributed by atoms with van der Waals surface area (Å²) in [4.78, 5) is 0.144. The van der Waals surface area contributed by atoms with Crippen molar-refractivity contribution < 1.29 is 8.42 Å². The van der Waals surface area contributed by atoms with Crippen molar-refractivity contribution in [2.45, 2.75) is 11.8 Å². The van der Waals surface area contributed by atoms with Gasteiger partial charge in [-0.3, -0.25) is 9.40 Å². The third-order valence-electron chi connectivity index (χ3n) is 2.40. The zero-order valence-electron chi connectivity index (χ0n) is 9.88. The van der Waals surface area contributed by atoms with Crippen LogP contribution in [0.4, 0.5) is 5.69 Å². The van der Waals surface area contributed by atoms with Crippen molar-refractivity contribution in [3.05, 3.63) is 40.6 Å². The Labute approximate surface area is 114 Å². The molecule has 1 N–H and O–H groups in total. The molecule has 1 heterocycles. The lowest BCUT2D eigenvalue weighted by Gasteiger charge is -2.07. The fraction of sp³-hybridized carbons (Fsp3) is 0.182. The summed E-state index contributed by atoms with van der Waals surface area (Å²) < 4.78 is 29.0. The highest BCUT2D eigenvalue weighted by molar-refractivity contribution is 9.10. The van der Waals surface area contributed by atoms with Crippen LogP contribution in [-0.2, 0) is 17.1 Å². The Morgan fingerprint density at radius 1 is 1.39 bits per heavy atom. The van der Waals surface area contributed by atoms with Crippen LogP contribution in [0.25, 0.3) is 0 Å². The first-order chi connectivity index (χ1) is 8.38. The smallest absolute Gasteiger partial charge is 0.265 e. The number of benzene rings is 1. The van der Waals surface area contributed by atoms with E-state index in [4.69, 9.17) is 0 Å². The van der Waals surface area contributed by atoms with Gasteiger partial charge in [0.25, 0.3) is 10.0 Å². The summed E-state index contributed by atoms with van der Waals surface area (Å²) in [7, 11) is -1.90. The van der Waals surface area contributed by atoms with Gasteiger partial charge in [-0.25, -0.2) is 8.42 Å². The number of anilines is 1. The molecule has 0 atom stereocenters. The van der Waals surface area contributed by atoms with Crippen molar-refractivity contribution in [1.82, 2.24) is 9.78 Å². The van der Waals surface area contributed by atoms with Crippen molar-refractivity contribution in [3.8, 4) is 0 Å². The van der Waals surface area contributed by atoms with Gasteiger partial charge in [-0.05, 0) is 30.7 Å². The number of rotatable bonds is 3. The van der Waals surface area contributed by atoms with Crippen LogP contribution in [0.3, 0.4) is 0 Å². The number of aryl methyl sites for hydroxylation is 2. The molecule has 0 aliphatic carbocycles. The highest BCUT2D eigenvalue weighted by atomic mass is 79.9. The lowest BCUT2D eigenvalue weighted by atomic mass is 10.2. The summed E-state index contributed by atoms with van der Waals surface area (Å²) in [5, 5.41) is 3.85. The summed E-state index contributed by atoms with van der Waals surface area (Å²) in [6.45, 7) is 1.89. The summed E-state index contributed by atoms with van der Waals surface area (Å²) in [6, 6.07) is 5.26. The minimum Gasteiger partial charge on any atom is -0.280 e. The number of halogens is 1. The second-order valence-electron chi connectivity index (χ2n) is 3.92. The van der Waals surface area contributed by atoms with Crippen LogP contribution in [-0.4, -0.2) is 18.2 Å². The maximum Gasteiger partial charge on any atom is 0.265 e. The van der Waals surface area contributed by atoms with Crippen LogP contribution in [0.15, 0.2) is 40.0 Å². The Morgan fingerprint density at radius 3 is 2.67 bits per heavy atom. The molecule has 18 heavy (non-hydrogen) atoms. The standard InChI is InChI=1S/C11H12BrN3O2S/c1-8-5-9(3-4-11(8)12)14-18(16,17)10-6-13-15(2)7-10/h3-7,14H,1-2H3. The molecule has 96 valence electrons. The highest BCUT2D eigenvalue weighted by Gasteiger charge is 2.16. The van der Waals surface area contributed by atoms with E-state index >= 15 is 0 Å². The molecule has 0 amide bonds. The van der Waals surface area contributed by atoms with Crippen molar-refractivity contribution in [1.29, 1.82) is 0 Å². The normalized spacial score (nSPS) is 11.5. The molecule has 0 spiro atoms. The molecule has 0 unspecified atom stereocenters. The molecule has 2 rings (SSSR count). The number of nitrogens with zero attached hydrogens (tertiary/aromatic N) is 2. The highest BCUT2D eigenvalue weighted by Crippen LogP contribution is 2.22. The molecular weight excluding hydrogens is 318 g/mol. The second-order valence-corrected chi connectivity index (χ2v) is 6.46. The summed E-state index contributed by atoms with van der Waals surface area (Å²) in [5.74, 6) is 0. The van der Waals surface area contributed by atoms with Gasteiger partial charge in [0.15, 0.2) is 0 Å². The van der Waals surface area contributed by atoms with Crippen LogP contribution in [0, 0.1) is 6.92 Å². The van der Waals surface area contributed by atoms with Crippen LogP contribution in [0.2, 0.25) is 0 Å². The molecule has 0 saturated carbocycles. The molecule has 7 heteroatoms. The Hall–Kier alpha value is -1.34. The minimum atomic E-state index is -3.57. The molecule has 0 aliphatic rings. The van der Waals surface area contributed by atoms with Crippen LogP contribution in [0.1, 0.15) is 5.56 Å². The SMILES string of the molecule is Cc1cc(NS(=O)(=O)c2cnn(C)c2)ccc1Br. The van der Waals surface area contributed by atoms with E-state index in [1.165, 1.54) is 17.1 Å². The summed E-state index contributed by atoms with van der Waals surface area (Å²) in [6.07, 6.45) is 2.77. The van der Waals surface area contributed by atoms with Gasteiger partial charge in [-0.2, -0.15) is 5.10 Å². The molecule has 1 aromatic heterocycles. The van der Waals surface area contributed by atoms with Gasteiger partial charge in [-0.1, -0.05) is 15.9 Å². The average Bonchev–Trinajstić information content (AvgIpc) is 2.71. The lowest BCUT2D eigenvalue weighted by Crippen LogP contribution is -2.12. The van der Waals surface area contributed by atoms with Crippen LogP contribution in [0.5, 0.6) is 0 Å². The van der Waals surface area contributed by atoms with Crippen molar-refractivity contribution >= 4 is 31.6 Å². The predicted molar refractivity (Wildman–Crippen MR) is 72.9 cm³/mol. The maximum atomic E-state index is 12.0. The first-order valence-corrected chi connectivity index (χ1v) is 7.44. The van der Waals surface area contributed by atoms with E-state index in [9.17, 15) is 8.42 Å². The minimum absolute atomic E-state index is 0.144. The summed E-state index contributed by atoms with van der Waals surface area (Å²) >= 11 is 3.37. The molecule has 2 aromatic rings. The molecular formula is C11H12BrN3O2S. The molecule has 0 saturated heterocycles. The maximum absolute atomic E-state index is 12.0. The van der Waals surface area contributed by atoms with Crippen LogP contribution >= 0.6 is 15.9 Å². The molecule has 5 nitrogen and oxygen atoms in total. The first-order valence-electron chi connectivity index (χ1n) is 5.16. The van der Waals surface area contributed by atoms with Crippen molar-refractivity contribution in [3.63, 3.8) is 0 Å². The molecule has 1 aromatic carbocycles. The first kappa shape index (κ1) is 13.1. The van der Waals surface area contributed by atoms with E-state index in [1.54, 1.807) is 25.2 Å². The Kier molecular flexibility index (Phi) is 3.45. The number of hydrogen-bond acceptors (Lipinski definition) is 3. The molecule has 0 aliphatic heterocycles. The topological polar surface area (TPSA) is 64.0 Å². The van der Waals surface area contributed by atoms with Gasteiger partial charge >= 0.3 is 0 Å². The zero-order chi connectivity index (χ0) is 13.3. The third-order valence-corrected chi connectivity index (χ3v) is 4.63. The predicted octanol–water partition coefficient (Wildman–Crippen LogP) is 2.29. The second kappa shape index (κ2) is 4.74. The monoisotopic (exact) mass is 329 g/mol. The van der Waals surface area contributed by atoms with Crippen molar-refractivity contribution in [2.75, 3.05) is 4.72 Å². The van der Waals surface area contributed by atoms with E-state index < -0.39 is 10.0 Å². The third kappa shape index (κ3) is 2.73. The largest absolute Gasteiger partial charge is 0.280 e. The quantitative estimate of drug-likeness (QED) is 0.939. The van der Waals surface area contributed by atoms with Gasteiger partial charge in [0, 0.05) is 23.4 Å². The summed E-state index contributed by atoms with van der Waals surface area (Å²) in [5.41, 5.74) is 1.49. The van der Waals surface area contributed by atoms with Gasteiger partial charge in [-0.15, -0.1) is 0 Å². The van der Waals surface area contributed by atoms with E-state index in [0.717, 1.165) is 10.0 Å². The number of sulfonamides is 1. The van der Waals surface area contributed by atoms with E-state index in [0.29, 0.717) is 5.69 Å². The average molecular weight is 330 g/mol. The van der Waals surface area contributed by atoms with Crippen LogP contribution < -0.4 is 4.72 Å². The van der Waals surface area contributed by atoms with Crippen molar-refractivity contribution in [2.24, 2.45) is 7.05 Å². The van der Waals surface area contributed by atoms with E-state index in [2.05, 4.69) is 25.8 Å². The Morgan fingerprint density at radius 2 is 2.11 bits per heavy atom. The van der Waals surface area contributed by atoms with Gasteiger partial charge in [0.05, 0.1) is 6.20 Å². The Balaban J connectivity index is 2.30. The van der Waals surface area contributed by atoms with E-state index in [1.807, 2.05) is 6.92 Å². The van der Waals surface area contributed by atoms with Gasteiger partial charge in [0.1, 0.15) is 4.90 Å². The molecule has 0 radical (unpaired) electrons. The number of nitrogens with one attached hydrogen (secondary N) is 1. The molecule has 0 fully saturated rings. The lowest BCUT2D eigenvalue weighted by molar-refractivity contribution is 0.601. The Bertz CT molecular complexity index is 679. The fourth-order valence-corrected chi connectivity index (χ4v) is 2.74. The van der Waals surface area contributed by atoms with E-state index in [-0.39, 0.29) is 4.90 Å². The fourth-order valence-electron chi connectivity index (χ4n) is 1.46. The van der Waals surface area contributed by atoms with Gasteiger partial charge < -0.3 is 0 Å². The molecule has 0 bridgehead atoms. The number of aromatic nitrogens is 2. The number of hydrogen-bond donors (Lipinski definition) is 1. The van der Waals surface area contributed by atoms with Gasteiger partial charge in [0.2, 0.25) is 0 Å². The zero-order valence-corrected chi connectivity index (χ0v) is 12.3.